The van der Waals surface area contributed by atoms with E-state index in [0.29, 0.717) is 22.8 Å². The molecule has 3 amide bonds. The summed E-state index contributed by atoms with van der Waals surface area (Å²) in [5, 5.41) is 2.68. The predicted octanol–water partition coefficient (Wildman–Crippen LogP) is 1.93. The molecule has 0 aliphatic carbocycles. The molecule has 0 aromatic heterocycles. The van der Waals surface area contributed by atoms with Gasteiger partial charge in [0.25, 0.3) is 17.7 Å². The van der Waals surface area contributed by atoms with Gasteiger partial charge in [-0.1, -0.05) is 13.8 Å². The third kappa shape index (κ3) is 6.36. The molecule has 0 saturated carbocycles. The quantitative estimate of drug-likeness (QED) is 0.553. The summed E-state index contributed by atoms with van der Waals surface area (Å²) in [6.45, 7) is 3.56. The van der Waals surface area contributed by atoms with Crippen molar-refractivity contribution in [3.05, 3.63) is 53.6 Å². The topological polar surface area (TPSA) is 115 Å². The third-order valence-electron chi connectivity index (χ3n) is 4.50. The molecule has 9 nitrogen and oxygen atoms in total. The second-order valence-electron chi connectivity index (χ2n) is 6.97. The highest BCUT2D eigenvalue weighted by atomic mass is 16.5. The van der Waals surface area contributed by atoms with E-state index >= 15 is 0 Å². The van der Waals surface area contributed by atoms with Gasteiger partial charge in [0.15, 0.2) is 0 Å². The minimum atomic E-state index is -0.888. The first-order valence-electron chi connectivity index (χ1n) is 9.57. The Bertz CT molecular complexity index is 905. The maximum Gasteiger partial charge on any atom is 0.269 e. The maximum absolute atomic E-state index is 12.7. The van der Waals surface area contributed by atoms with Gasteiger partial charge in [0.05, 0.1) is 21.3 Å². The van der Waals surface area contributed by atoms with Crippen LogP contribution in [0.25, 0.3) is 0 Å². The monoisotopic (exact) mass is 429 g/mol. The lowest BCUT2D eigenvalue weighted by Gasteiger charge is -2.22. The van der Waals surface area contributed by atoms with Crippen molar-refractivity contribution >= 4 is 17.7 Å². The molecule has 0 saturated heterocycles. The van der Waals surface area contributed by atoms with Gasteiger partial charge < -0.3 is 19.5 Å². The SMILES string of the molecule is COc1ccc(C(=O)NNC(=O)[C@H](NC(=O)c2cc(OC)cc(OC)c2)C(C)C)cc1. The summed E-state index contributed by atoms with van der Waals surface area (Å²) in [7, 11) is 4.48. The Morgan fingerprint density at radius 3 is 1.74 bits per heavy atom. The van der Waals surface area contributed by atoms with E-state index in [1.807, 2.05) is 0 Å². The normalized spacial score (nSPS) is 11.3. The number of carbonyl (C=O) groups is 3. The summed E-state index contributed by atoms with van der Waals surface area (Å²) < 4.78 is 15.4. The smallest absolute Gasteiger partial charge is 0.269 e. The molecular formula is C22H27N3O6. The number of methoxy groups -OCH3 is 3. The predicted molar refractivity (Wildman–Crippen MR) is 114 cm³/mol. The largest absolute Gasteiger partial charge is 0.497 e. The number of hydrogen-bond acceptors (Lipinski definition) is 6. The molecule has 2 aromatic rings. The van der Waals surface area contributed by atoms with Crippen molar-refractivity contribution in [2.24, 2.45) is 5.92 Å². The van der Waals surface area contributed by atoms with Crippen molar-refractivity contribution in [1.29, 1.82) is 0 Å². The molecular weight excluding hydrogens is 402 g/mol. The van der Waals surface area contributed by atoms with Crippen LogP contribution in [0.2, 0.25) is 0 Å². The zero-order valence-electron chi connectivity index (χ0n) is 18.1. The van der Waals surface area contributed by atoms with Gasteiger partial charge in [0.2, 0.25) is 0 Å². The first-order chi connectivity index (χ1) is 14.8. The van der Waals surface area contributed by atoms with Crippen LogP contribution in [0, 0.1) is 5.92 Å². The van der Waals surface area contributed by atoms with Crippen molar-refractivity contribution in [1.82, 2.24) is 16.2 Å². The first-order valence-corrected chi connectivity index (χ1v) is 9.57. The van der Waals surface area contributed by atoms with Crippen LogP contribution in [0.4, 0.5) is 0 Å². The molecule has 0 aliphatic rings. The number of carbonyl (C=O) groups excluding carboxylic acids is 3. The summed E-state index contributed by atoms with van der Waals surface area (Å²) >= 11 is 0. The molecule has 3 N–H and O–H groups in total. The van der Waals surface area contributed by atoms with Gasteiger partial charge in [-0.05, 0) is 42.3 Å². The van der Waals surface area contributed by atoms with E-state index in [1.165, 1.54) is 21.3 Å². The van der Waals surface area contributed by atoms with Gasteiger partial charge >= 0.3 is 0 Å². The van der Waals surface area contributed by atoms with E-state index < -0.39 is 23.8 Å². The first kappa shape index (κ1) is 23.5. The standard InChI is InChI=1S/C22H27N3O6/c1-13(2)19(23-20(26)15-10-17(30-4)12-18(11-15)31-5)22(28)25-24-21(27)14-6-8-16(29-3)9-7-14/h6-13,19H,1-5H3,(H,23,26)(H,24,27)(H,25,28)/t19-/m1/s1. The molecule has 0 bridgehead atoms. The van der Waals surface area contributed by atoms with Gasteiger partial charge in [-0.3, -0.25) is 25.2 Å². The summed E-state index contributed by atoms with van der Waals surface area (Å²) in [5.41, 5.74) is 5.33. The van der Waals surface area contributed by atoms with E-state index in [4.69, 9.17) is 14.2 Å². The lowest BCUT2D eigenvalue weighted by Crippen LogP contribution is -2.54. The highest BCUT2D eigenvalue weighted by Crippen LogP contribution is 2.22. The van der Waals surface area contributed by atoms with E-state index in [1.54, 1.807) is 56.3 Å². The maximum atomic E-state index is 12.7. The molecule has 166 valence electrons. The van der Waals surface area contributed by atoms with Gasteiger partial charge in [0, 0.05) is 17.2 Å². The highest BCUT2D eigenvalue weighted by Gasteiger charge is 2.25. The summed E-state index contributed by atoms with van der Waals surface area (Å²) in [5.74, 6) is -0.273. The number of amides is 3. The minimum Gasteiger partial charge on any atom is -0.497 e. The van der Waals surface area contributed by atoms with Crippen LogP contribution >= 0.6 is 0 Å². The zero-order chi connectivity index (χ0) is 23.0. The third-order valence-corrected chi connectivity index (χ3v) is 4.50. The van der Waals surface area contributed by atoms with E-state index in [9.17, 15) is 14.4 Å². The van der Waals surface area contributed by atoms with Crippen molar-refractivity contribution in [3.8, 4) is 17.2 Å². The Morgan fingerprint density at radius 2 is 1.26 bits per heavy atom. The average molecular weight is 429 g/mol. The van der Waals surface area contributed by atoms with Crippen LogP contribution in [-0.2, 0) is 4.79 Å². The number of rotatable bonds is 8. The Kier molecular flexibility index (Phi) is 8.25. The molecule has 1 atom stereocenters. The van der Waals surface area contributed by atoms with E-state index in [0.717, 1.165) is 0 Å². The molecule has 0 unspecified atom stereocenters. The lowest BCUT2D eigenvalue weighted by molar-refractivity contribution is -0.124. The number of hydrogen-bond donors (Lipinski definition) is 3. The van der Waals surface area contributed by atoms with Gasteiger partial charge in [-0.2, -0.15) is 0 Å². The number of nitrogens with one attached hydrogen (secondary N) is 3. The highest BCUT2D eigenvalue weighted by molar-refractivity contribution is 5.99. The Balaban J connectivity index is 2.04. The van der Waals surface area contributed by atoms with Crippen molar-refractivity contribution in [2.75, 3.05) is 21.3 Å². The van der Waals surface area contributed by atoms with Crippen LogP contribution in [0.5, 0.6) is 17.2 Å². The van der Waals surface area contributed by atoms with Gasteiger partial charge in [-0.25, -0.2) is 0 Å². The molecule has 0 aliphatic heterocycles. The molecule has 0 heterocycles. The van der Waals surface area contributed by atoms with Crippen LogP contribution in [0.1, 0.15) is 34.6 Å². The molecule has 9 heteroatoms. The minimum absolute atomic E-state index is 0.241. The molecule has 0 fully saturated rings. The van der Waals surface area contributed by atoms with E-state index in [-0.39, 0.29) is 11.5 Å². The number of benzene rings is 2. The van der Waals surface area contributed by atoms with Gasteiger partial charge in [0.1, 0.15) is 23.3 Å². The molecule has 0 spiro atoms. The number of ether oxygens (including phenoxy) is 3. The van der Waals surface area contributed by atoms with Gasteiger partial charge in [-0.15, -0.1) is 0 Å². The molecule has 0 radical (unpaired) electrons. The fourth-order valence-electron chi connectivity index (χ4n) is 2.71. The number of hydrazine groups is 1. The van der Waals surface area contributed by atoms with Crippen LogP contribution in [0.15, 0.2) is 42.5 Å². The average Bonchev–Trinajstić information content (AvgIpc) is 2.79. The Hall–Kier alpha value is -3.75. The summed E-state index contributed by atoms with van der Waals surface area (Å²) in [6.07, 6.45) is 0. The summed E-state index contributed by atoms with van der Waals surface area (Å²) in [6, 6.07) is 10.2. The van der Waals surface area contributed by atoms with Crippen LogP contribution < -0.4 is 30.4 Å². The summed E-state index contributed by atoms with van der Waals surface area (Å²) in [4.78, 5) is 37.6. The Labute approximate surface area is 181 Å². The molecule has 2 rings (SSSR count). The van der Waals surface area contributed by atoms with Crippen LogP contribution in [0.3, 0.4) is 0 Å². The molecule has 2 aromatic carbocycles. The van der Waals surface area contributed by atoms with Crippen LogP contribution in [-0.4, -0.2) is 45.1 Å². The Morgan fingerprint density at radius 1 is 0.710 bits per heavy atom. The van der Waals surface area contributed by atoms with Crippen molar-refractivity contribution < 1.29 is 28.6 Å². The van der Waals surface area contributed by atoms with E-state index in [2.05, 4.69) is 16.2 Å². The fraction of sp³-hybridized carbons (Fsp3) is 0.318. The lowest BCUT2D eigenvalue weighted by atomic mass is 10.0. The second kappa shape index (κ2) is 10.9. The zero-order valence-corrected chi connectivity index (χ0v) is 18.1. The molecule has 31 heavy (non-hydrogen) atoms. The van der Waals surface area contributed by atoms with Crippen molar-refractivity contribution in [3.63, 3.8) is 0 Å². The van der Waals surface area contributed by atoms with Crippen molar-refractivity contribution in [2.45, 2.75) is 19.9 Å². The fourth-order valence-corrected chi connectivity index (χ4v) is 2.71. The second-order valence-corrected chi connectivity index (χ2v) is 6.97.